The summed E-state index contributed by atoms with van der Waals surface area (Å²) in [5, 5.41) is 31.7. The molecule has 0 spiro atoms. The highest BCUT2D eigenvalue weighted by molar-refractivity contribution is 7.86. The Kier molecular flexibility index (Phi) is 8.68. The van der Waals surface area contributed by atoms with Crippen LogP contribution in [-0.4, -0.2) is 66.9 Å². The van der Waals surface area contributed by atoms with Gasteiger partial charge in [-0.15, -0.1) is 0 Å². The van der Waals surface area contributed by atoms with Gasteiger partial charge < -0.3 is 25.1 Å². The van der Waals surface area contributed by atoms with Gasteiger partial charge in [-0.1, -0.05) is 40.2 Å². The molecule has 12 nitrogen and oxygen atoms in total. The molecule has 2 heterocycles. The third-order valence-corrected chi connectivity index (χ3v) is 11.3. The van der Waals surface area contributed by atoms with Gasteiger partial charge >= 0.3 is 5.97 Å². The van der Waals surface area contributed by atoms with Crippen molar-refractivity contribution in [2.75, 3.05) is 23.4 Å². The molecule has 0 amide bonds. The molecule has 2 unspecified atom stereocenters. The molecule has 0 radical (unpaired) electrons. The molecule has 2 aromatic carbocycles. The first kappa shape index (κ1) is 34.6. The van der Waals surface area contributed by atoms with Crippen molar-refractivity contribution in [1.82, 2.24) is 0 Å². The maximum Gasteiger partial charge on any atom is 0.303 e. The first-order valence-corrected chi connectivity index (χ1v) is 18.1. The molecule has 5 N–H and O–H groups in total. The number of hydrogen-bond donors (Lipinski definition) is 5. The number of rotatable bonds is 10. The van der Waals surface area contributed by atoms with Crippen LogP contribution in [0.4, 0.5) is 11.4 Å². The zero-order valence-corrected chi connectivity index (χ0v) is 28.4. The number of anilines is 2. The number of carboxylic acid groups (broad SMARTS) is 1. The number of carbonyl (C=O) groups is 1. The Morgan fingerprint density at radius 2 is 1.38 bits per heavy atom. The summed E-state index contributed by atoms with van der Waals surface area (Å²) in [6, 6.07) is 8.70. The first-order chi connectivity index (χ1) is 21.7. The van der Waals surface area contributed by atoms with Crippen LogP contribution in [-0.2, 0) is 35.9 Å². The molecule has 5 rings (SSSR count). The second-order valence-corrected chi connectivity index (χ2v) is 16.2. The van der Waals surface area contributed by atoms with Crippen molar-refractivity contribution < 1.29 is 46.1 Å². The van der Waals surface area contributed by atoms with Gasteiger partial charge in [0.25, 0.3) is 20.2 Å². The number of aliphatic hydroxyl groups is 2. The molecule has 2 atom stereocenters. The monoisotopic (exact) mass is 688 g/mol. The van der Waals surface area contributed by atoms with Crippen molar-refractivity contribution in [3.8, 4) is 0 Å². The number of fused-ring (bicyclic) bond motifs is 2. The SMILES string of the molecule is CN1C(=CC2C(O)=C(C=C3N(CCCCCC(=O)O)c4ccc(S(=O)(=O)O)cc4C3(C)C)C2O)C(C)(C)c2cc(S(=O)(=O)O)ccc21. The van der Waals surface area contributed by atoms with E-state index in [-0.39, 0.29) is 22.0 Å². The number of aliphatic carboxylic acids is 1. The summed E-state index contributed by atoms with van der Waals surface area (Å²) in [7, 11) is -7.09. The zero-order valence-electron chi connectivity index (χ0n) is 26.8. The minimum atomic E-state index is -4.47. The summed E-state index contributed by atoms with van der Waals surface area (Å²) in [5.41, 5.74) is 2.90. The standard InChI is InChI=1S/C33H40N2O10S2/c1-32(2)23-15-19(46(40,41)42)10-12-25(23)34(5)27(32)17-21-30(38)22(31(21)39)18-28-33(3,4)24-16-20(47(43,44)45)11-13-26(24)35(28)14-8-6-7-9-29(36)37/h10-13,15-18,21,30,38-39H,6-9,14H2,1-5H3,(H,36,37)(H,40,41,42)(H,43,44,45). The Balaban J connectivity index is 1.50. The summed E-state index contributed by atoms with van der Waals surface area (Å²) in [5.74, 6) is -1.69. The van der Waals surface area contributed by atoms with Gasteiger partial charge in [0.05, 0.1) is 21.8 Å². The number of hydrogen-bond acceptors (Lipinski definition) is 9. The van der Waals surface area contributed by atoms with Crippen LogP contribution in [0, 0.1) is 5.92 Å². The normalized spacial score (nSPS) is 23.3. The van der Waals surface area contributed by atoms with E-state index in [9.17, 15) is 40.9 Å². The van der Waals surface area contributed by atoms with E-state index < -0.39 is 49.1 Å². The lowest BCUT2D eigenvalue weighted by Crippen LogP contribution is -2.37. The van der Waals surface area contributed by atoms with Crippen molar-refractivity contribution in [2.24, 2.45) is 5.92 Å². The van der Waals surface area contributed by atoms with Gasteiger partial charge in [0, 0.05) is 59.2 Å². The Hall–Kier alpha value is -3.69. The Bertz CT molecular complexity index is 1960. The topological polar surface area (TPSA) is 193 Å². The van der Waals surface area contributed by atoms with Crippen molar-refractivity contribution in [2.45, 2.75) is 80.1 Å². The number of benzene rings is 2. The van der Waals surface area contributed by atoms with E-state index in [1.807, 2.05) is 37.5 Å². The van der Waals surface area contributed by atoms with Crippen LogP contribution in [0.25, 0.3) is 0 Å². The lowest BCUT2D eigenvalue weighted by Gasteiger charge is -2.36. The molecule has 14 heteroatoms. The Labute approximate surface area is 274 Å². The molecule has 2 aliphatic heterocycles. The van der Waals surface area contributed by atoms with Crippen molar-refractivity contribution in [3.05, 3.63) is 82.4 Å². The summed E-state index contributed by atoms with van der Waals surface area (Å²) < 4.78 is 66.8. The minimum Gasteiger partial charge on any atom is -0.511 e. The molecule has 47 heavy (non-hydrogen) atoms. The summed E-state index contributed by atoms with van der Waals surface area (Å²) >= 11 is 0. The predicted octanol–water partition coefficient (Wildman–Crippen LogP) is 4.92. The number of likely N-dealkylation sites (N-methyl/N-ethyl adjacent to an activating group) is 1. The fourth-order valence-electron chi connectivity index (χ4n) is 6.95. The third kappa shape index (κ3) is 6.08. The van der Waals surface area contributed by atoms with Crippen molar-refractivity contribution >= 4 is 37.6 Å². The maximum atomic E-state index is 12.0. The molecule has 0 saturated heterocycles. The quantitative estimate of drug-likeness (QED) is 0.167. The molecule has 0 fully saturated rings. The van der Waals surface area contributed by atoms with Crippen LogP contribution < -0.4 is 9.80 Å². The van der Waals surface area contributed by atoms with Crippen molar-refractivity contribution in [1.29, 1.82) is 0 Å². The van der Waals surface area contributed by atoms with Crippen molar-refractivity contribution in [3.63, 3.8) is 0 Å². The average molecular weight is 689 g/mol. The van der Waals surface area contributed by atoms with Gasteiger partial charge in [0.2, 0.25) is 0 Å². The molecular weight excluding hydrogens is 649 g/mol. The summed E-state index contributed by atoms with van der Waals surface area (Å²) in [6.07, 6.45) is 4.17. The molecule has 2 aromatic rings. The van der Waals surface area contributed by atoms with Gasteiger partial charge in [-0.05, 0) is 66.4 Å². The first-order valence-electron chi connectivity index (χ1n) is 15.2. The largest absolute Gasteiger partial charge is 0.511 e. The maximum absolute atomic E-state index is 12.0. The van der Waals surface area contributed by atoms with Crippen LogP contribution in [0.3, 0.4) is 0 Å². The van der Waals surface area contributed by atoms with E-state index in [1.165, 1.54) is 24.3 Å². The third-order valence-electron chi connectivity index (χ3n) is 9.64. The molecule has 3 aliphatic rings. The van der Waals surface area contributed by atoms with Gasteiger partial charge in [-0.3, -0.25) is 13.9 Å². The van der Waals surface area contributed by atoms with Crippen LogP contribution >= 0.6 is 0 Å². The lowest BCUT2D eigenvalue weighted by molar-refractivity contribution is -0.137. The fraction of sp³-hybridized carbons (Fsp3) is 0.424. The van der Waals surface area contributed by atoms with E-state index in [1.54, 1.807) is 31.3 Å². The second kappa shape index (κ2) is 11.8. The molecule has 0 bridgehead atoms. The molecule has 0 saturated carbocycles. The fourth-order valence-corrected chi connectivity index (χ4v) is 7.97. The van der Waals surface area contributed by atoms with E-state index in [4.69, 9.17) is 5.11 Å². The molecule has 254 valence electrons. The average Bonchev–Trinajstić information content (AvgIpc) is 3.30. The van der Waals surface area contributed by atoms with Gasteiger partial charge in [-0.2, -0.15) is 16.8 Å². The van der Waals surface area contributed by atoms with E-state index in [0.717, 1.165) is 11.4 Å². The Morgan fingerprint density at radius 3 is 1.91 bits per heavy atom. The summed E-state index contributed by atoms with van der Waals surface area (Å²) in [6.45, 7) is 8.00. The smallest absolute Gasteiger partial charge is 0.303 e. The van der Waals surface area contributed by atoms with Crippen LogP contribution in [0.1, 0.15) is 64.5 Å². The molecule has 0 aromatic heterocycles. The second-order valence-electron chi connectivity index (χ2n) is 13.4. The zero-order chi connectivity index (χ0) is 34.9. The number of carboxylic acids is 1. The highest BCUT2D eigenvalue weighted by Crippen LogP contribution is 2.52. The van der Waals surface area contributed by atoms with E-state index >= 15 is 0 Å². The Morgan fingerprint density at radius 1 is 0.851 bits per heavy atom. The van der Waals surface area contributed by atoms with E-state index in [0.29, 0.717) is 53.9 Å². The van der Waals surface area contributed by atoms with Crippen LogP contribution in [0.5, 0.6) is 0 Å². The highest BCUT2D eigenvalue weighted by Gasteiger charge is 2.46. The minimum absolute atomic E-state index is 0.0467. The van der Waals surface area contributed by atoms with Crippen LogP contribution in [0.2, 0.25) is 0 Å². The number of aliphatic hydroxyl groups excluding tert-OH is 2. The number of unbranched alkanes of at least 4 members (excludes halogenated alkanes) is 2. The van der Waals surface area contributed by atoms with Gasteiger partial charge in [-0.25, -0.2) is 0 Å². The number of nitrogens with zero attached hydrogens (tertiary/aromatic N) is 2. The number of allylic oxidation sites excluding steroid dienone is 2. The lowest BCUT2D eigenvalue weighted by atomic mass is 9.75. The van der Waals surface area contributed by atoms with Gasteiger partial charge in [0.1, 0.15) is 5.76 Å². The van der Waals surface area contributed by atoms with Crippen LogP contribution in [0.15, 0.2) is 81.1 Å². The molecular formula is C33H40N2O10S2. The predicted molar refractivity (Wildman–Crippen MR) is 176 cm³/mol. The highest BCUT2D eigenvalue weighted by atomic mass is 32.2. The van der Waals surface area contributed by atoms with Gasteiger partial charge in [0.15, 0.2) is 0 Å². The molecule has 1 aliphatic carbocycles. The summed E-state index contributed by atoms with van der Waals surface area (Å²) in [4.78, 5) is 14.3. The van der Waals surface area contributed by atoms with E-state index in [2.05, 4.69) is 0 Å².